The Morgan fingerprint density at radius 3 is 2.89 bits per heavy atom. The molecule has 2 atom stereocenters. The number of morpholine rings is 1. The van der Waals surface area contributed by atoms with Crippen LogP contribution in [0.15, 0.2) is 18.2 Å². The minimum Gasteiger partial charge on any atom is -0.375 e. The third kappa shape index (κ3) is 2.95. The number of hydrogen-bond donors (Lipinski definition) is 0. The molecule has 0 saturated carbocycles. The van der Waals surface area contributed by atoms with Gasteiger partial charge in [0.05, 0.1) is 24.3 Å². The lowest BCUT2D eigenvalue weighted by atomic mass is 10.1. The summed E-state index contributed by atoms with van der Waals surface area (Å²) in [5, 5.41) is 0. The molecule has 2 unspecified atom stereocenters. The van der Waals surface area contributed by atoms with E-state index in [0.717, 1.165) is 12.0 Å². The number of rotatable bonds is 2. The van der Waals surface area contributed by atoms with Crippen molar-refractivity contribution < 1.29 is 13.9 Å². The number of carbonyl (C=O) groups is 1. The van der Waals surface area contributed by atoms with Gasteiger partial charge in [0.1, 0.15) is 5.82 Å². The molecule has 1 aliphatic rings. The van der Waals surface area contributed by atoms with Crippen molar-refractivity contribution >= 4 is 5.91 Å². The molecule has 1 aromatic rings. The molecule has 1 aromatic carbocycles. The smallest absolute Gasteiger partial charge is 0.257 e. The molecule has 19 heavy (non-hydrogen) atoms. The van der Waals surface area contributed by atoms with E-state index in [1.165, 1.54) is 6.07 Å². The Balaban J connectivity index is 2.25. The lowest BCUT2D eigenvalue weighted by Gasteiger charge is -2.38. The fourth-order valence-corrected chi connectivity index (χ4v) is 2.38. The zero-order valence-corrected chi connectivity index (χ0v) is 11.6. The van der Waals surface area contributed by atoms with Gasteiger partial charge in [0, 0.05) is 6.54 Å². The molecule has 0 radical (unpaired) electrons. The Hall–Kier alpha value is -1.42. The van der Waals surface area contributed by atoms with Crippen LogP contribution in [0.1, 0.15) is 36.2 Å². The summed E-state index contributed by atoms with van der Waals surface area (Å²) in [6.07, 6.45) is 0.812. The van der Waals surface area contributed by atoms with E-state index in [0.29, 0.717) is 13.2 Å². The van der Waals surface area contributed by atoms with E-state index in [9.17, 15) is 9.18 Å². The molecule has 1 amide bonds. The molecule has 1 saturated heterocycles. The van der Waals surface area contributed by atoms with E-state index in [-0.39, 0.29) is 23.6 Å². The standard InChI is InChI=1S/C15H20FNO2/c1-4-12-9-19-11(3)8-17(12)15(18)13-6-5-10(2)7-14(13)16/h5-7,11-12H,4,8-9H2,1-3H3. The van der Waals surface area contributed by atoms with E-state index in [4.69, 9.17) is 4.74 Å². The first kappa shape index (κ1) is 14.0. The molecule has 0 spiro atoms. The first-order valence-electron chi connectivity index (χ1n) is 6.71. The topological polar surface area (TPSA) is 29.5 Å². The number of hydrogen-bond acceptors (Lipinski definition) is 2. The van der Waals surface area contributed by atoms with Crippen molar-refractivity contribution in [3.63, 3.8) is 0 Å². The Kier molecular flexibility index (Phi) is 4.20. The lowest BCUT2D eigenvalue weighted by Crippen LogP contribution is -2.51. The van der Waals surface area contributed by atoms with Crippen LogP contribution >= 0.6 is 0 Å². The number of halogens is 1. The summed E-state index contributed by atoms with van der Waals surface area (Å²) < 4.78 is 19.5. The average molecular weight is 265 g/mol. The maximum Gasteiger partial charge on any atom is 0.257 e. The average Bonchev–Trinajstić information content (AvgIpc) is 2.38. The van der Waals surface area contributed by atoms with Crippen LogP contribution in [0.4, 0.5) is 4.39 Å². The zero-order chi connectivity index (χ0) is 14.0. The Morgan fingerprint density at radius 2 is 2.26 bits per heavy atom. The van der Waals surface area contributed by atoms with Gasteiger partial charge in [-0.15, -0.1) is 0 Å². The van der Waals surface area contributed by atoms with E-state index >= 15 is 0 Å². The summed E-state index contributed by atoms with van der Waals surface area (Å²) in [7, 11) is 0. The number of nitrogens with zero attached hydrogens (tertiary/aromatic N) is 1. The molecule has 0 bridgehead atoms. The van der Waals surface area contributed by atoms with Gasteiger partial charge in [-0.2, -0.15) is 0 Å². The van der Waals surface area contributed by atoms with Gasteiger partial charge >= 0.3 is 0 Å². The van der Waals surface area contributed by atoms with Gasteiger partial charge in [0.25, 0.3) is 5.91 Å². The Bertz CT molecular complexity index is 475. The third-order valence-corrected chi connectivity index (χ3v) is 3.55. The van der Waals surface area contributed by atoms with Crippen LogP contribution in [-0.4, -0.2) is 36.1 Å². The van der Waals surface area contributed by atoms with Crippen molar-refractivity contribution in [3.05, 3.63) is 35.1 Å². The SMILES string of the molecule is CCC1COC(C)CN1C(=O)c1ccc(C)cc1F. The van der Waals surface area contributed by atoms with Gasteiger partial charge < -0.3 is 9.64 Å². The van der Waals surface area contributed by atoms with Crippen molar-refractivity contribution in [2.24, 2.45) is 0 Å². The monoisotopic (exact) mass is 265 g/mol. The fraction of sp³-hybridized carbons (Fsp3) is 0.533. The van der Waals surface area contributed by atoms with Crippen molar-refractivity contribution in [3.8, 4) is 0 Å². The van der Waals surface area contributed by atoms with Crippen molar-refractivity contribution in [1.29, 1.82) is 0 Å². The van der Waals surface area contributed by atoms with Crippen LogP contribution in [0, 0.1) is 12.7 Å². The van der Waals surface area contributed by atoms with E-state index in [1.807, 2.05) is 20.8 Å². The predicted octanol–water partition coefficient (Wildman–Crippen LogP) is 2.77. The fourth-order valence-electron chi connectivity index (χ4n) is 2.38. The van der Waals surface area contributed by atoms with Gasteiger partial charge in [-0.05, 0) is 38.0 Å². The second-order valence-electron chi connectivity index (χ2n) is 5.15. The van der Waals surface area contributed by atoms with Gasteiger partial charge in [0.2, 0.25) is 0 Å². The zero-order valence-electron chi connectivity index (χ0n) is 11.6. The quantitative estimate of drug-likeness (QED) is 0.823. The molecule has 0 aromatic heterocycles. The molecule has 4 heteroatoms. The summed E-state index contributed by atoms with van der Waals surface area (Å²) in [5.41, 5.74) is 0.967. The minimum absolute atomic E-state index is 0.000240. The number of benzene rings is 1. The number of ether oxygens (including phenoxy) is 1. The second kappa shape index (κ2) is 5.70. The number of amides is 1. The first-order chi connectivity index (χ1) is 9.02. The number of carbonyl (C=O) groups excluding carboxylic acids is 1. The Labute approximate surface area is 113 Å². The highest BCUT2D eigenvalue weighted by Gasteiger charge is 2.31. The van der Waals surface area contributed by atoms with Crippen LogP contribution in [0.5, 0.6) is 0 Å². The second-order valence-corrected chi connectivity index (χ2v) is 5.15. The van der Waals surface area contributed by atoms with Crippen LogP contribution in [0.3, 0.4) is 0 Å². The van der Waals surface area contributed by atoms with Crippen LogP contribution in [0.2, 0.25) is 0 Å². The van der Waals surface area contributed by atoms with Crippen LogP contribution in [-0.2, 0) is 4.74 Å². The van der Waals surface area contributed by atoms with Crippen molar-refractivity contribution in [2.45, 2.75) is 39.3 Å². The maximum atomic E-state index is 13.9. The molecule has 1 fully saturated rings. The molecule has 0 N–H and O–H groups in total. The summed E-state index contributed by atoms with van der Waals surface area (Å²) in [5.74, 6) is -0.682. The van der Waals surface area contributed by atoms with Gasteiger partial charge in [-0.25, -0.2) is 4.39 Å². The highest BCUT2D eigenvalue weighted by molar-refractivity contribution is 5.94. The highest BCUT2D eigenvalue weighted by atomic mass is 19.1. The lowest BCUT2D eigenvalue weighted by molar-refractivity contribution is -0.0445. The first-order valence-corrected chi connectivity index (χ1v) is 6.71. The maximum absolute atomic E-state index is 13.9. The van der Waals surface area contributed by atoms with E-state index < -0.39 is 5.82 Å². The Morgan fingerprint density at radius 1 is 1.53 bits per heavy atom. The van der Waals surface area contributed by atoms with Gasteiger partial charge in [-0.1, -0.05) is 13.0 Å². The van der Waals surface area contributed by atoms with Crippen molar-refractivity contribution in [1.82, 2.24) is 4.90 Å². The predicted molar refractivity (Wildman–Crippen MR) is 71.7 cm³/mol. The van der Waals surface area contributed by atoms with Crippen LogP contribution < -0.4 is 0 Å². The molecule has 3 nitrogen and oxygen atoms in total. The molecular formula is C15H20FNO2. The largest absolute Gasteiger partial charge is 0.375 e. The molecule has 0 aliphatic carbocycles. The highest BCUT2D eigenvalue weighted by Crippen LogP contribution is 2.20. The minimum atomic E-state index is -0.445. The normalized spacial score (nSPS) is 23.5. The summed E-state index contributed by atoms with van der Waals surface area (Å²) in [6.45, 7) is 6.79. The van der Waals surface area contributed by atoms with Crippen molar-refractivity contribution in [2.75, 3.05) is 13.2 Å². The molecule has 1 heterocycles. The van der Waals surface area contributed by atoms with Gasteiger partial charge in [-0.3, -0.25) is 4.79 Å². The van der Waals surface area contributed by atoms with E-state index in [2.05, 4.69) is 0 Å². The number of aryl methyl sites for hydroxylation is 1. The third-order valence-electron chi connectivity index (χ3n) is 3.55. The summed E-state index contributed by atoms with van der Waals surface area (Å²) >= 11 is 0. The molecular weight excluding hydrogens is 245 g/mol. The molecule has 2 rings (SSSR count). The summed E-state index contributed by atoms with van der Waals surface area (Å²) in [4.78, 5) is 14.2. The summed E-state index contributed by atoms with van der Waals surface area (Å²) in [6, 6.07) is 4.77. The molecule has 1 aliphatic heterocycles. The van der Waals surface area contributed by atoms with Gasteiger partial charge in [0.15, 0.2) is 0 Å². The van der Waals surface area contributed by atoms with E-state index in [1.54, 1.807) is 17.0 Å². The molecule has 104 valence electrons. The van der Waals surface area contributed by atoms with Crippen LogP contribution in [0.25, 0.3) is 0 Å².